The first kappa shape index (κ1) is 28.9. The van der Waals surface area contributed by atoms with Gasteiger partial charge in [-0.1, -0.05) is 17.7 Å². The van der Waals surface area contributed by atoms with Gasteiger partial charge in [-0.05, 0) is 79.6 Å². The number of aliphatic imine (C=N–C) groups is 1. The van der Waals surface area contributed by atoms with Crippen molar-refractivity contribution in [3.63, 3.8) is 0 Å². The number of hydrazine groups is 1. The largest absolute Gasteiger partial charge is 0.446 e. The minimum Gasteiger partial charge on any atom is -0.446 e. The van der Waals surface area contributed by atoms with Crippen LogP contribution in [0.15, 0.2) is 93.8 Å². The number of aliphatic hydroxyl groups excluding tert-OH is 1. The van der Waals surface area contributed by atoms with E-state index in [-0.39, 0.29) is 25.2 Å². The van der Waals surface area contributed by atoms with Crippen LogP contribution in [-0.4, -0.2) is 45.4 Å². The van der Waals surface area contributed by atoms with Crippen molar-refractivity contribution >= 4 is 37.1 Å². The van der Waals surface area contributed by atoms with Gasteiger partial charge in [0.05, 0.1) is 17.6 Å². The van der Waals surface area contributed by atoms with E-state index in [9.17, 15) is 9.50 Å². The Bertz CT molecular complexity index is 1360. The molecule has 0 amide bonds. The molecule has 1 aliphatic heterocycles. The number of rotatable bonds is 7. The summed E-state index contributed by atoms with van der Waals surface area (Å²) in [6.07, 6.45) is 6.59. The number of fused-ring (bicyclic) bond motifs is 1. The first-order chi connectivity index (χ1) is 18.4. The molecule has 0 radical (unpaired) electrons. The molecule has 2 aromatic carbocycles. The molecule has 2 heterocycles. The summed E-state index contributed by atoms with van der Waals surface area (Å²) >= 11 is 1.23. The van der Waals surface area contributed by atoms with Crippen LogP contribution < -0.4 is 9.92 Å². The van der Waals surface area contributed by atoms with Crippen LogP contribution in [0, 0.1) is 18.2 Å². The first-order valence-electron chi connectivity index (χ1n) is 12.3. The number of nitrogens with two attached hydrogens (primary N) is 1. The Labute approximate surface area is 238 Å². The Balaban J connectivity index is 0.00000353. The number of aromatic nitrogens is 1. The maximum Gasteiger partial charge on any atom is 0.223 e. The van der Waals surface area contributed by atoms with E-state index in [2.05, 4.69) is 9.99 Å². The SMILES string of the molecule is Cc1cccc(OSN(C)N2CCC3=CC(=Nc4ccc(F)cc4)C(=CN)CC3(C(O)c3ncco3)C2)c1.S. The van der Waals surface area contributed by atoms with Gasteiger partial charge in [0.25, 0.3) is 0 Å². The van der Waals surface area contributed by atoms with Gasteiger partial charge in [-0.2, -0.15) is 17.9 Å². The smallest absolute Gasteiger partial charge is 0.223 e. The fourth-order valence-electron chi connectivity index (χ4n) is 5.00. The number of nitrogens with zero attached hydrogens (tertiary/aromatic N) is 4. The number of aryl methyl sites for hydroxylation is 1. The Morgan fingerprint density at radius 2 is 2.10 bits per heavy atom. The van der Waals surface area contributed by atoms with Crippen LogP contribution in [0.25, 0.3) is 0 Å². The van der Waals surface area contributed by atoms with E-state index in [4.69, 9.17) is 19.3 Å². The van der Waals surface area contributed by atoms with Gasteiger partial charge < -0.3 is 19.4 Å². The van der Waals surface area contributed by atoms with Crippen molar-refractivity contribution in [1.82, 2.24) is 14.4 Å². The van der Waals surface area contributed by atoms with Crippen LogP contribution >= 0.6 is 25.7 Å². The lowest BCUT2D eigenvalue weighted by Gasteiger charge is -2.50. The van der Waals surface area contributed by atoms with Gasteiger partial charge in [-0.25, -0.2) is 19.4 Å². The lowest BCUT2D eigenvalue weighted by Crippen LogP contribution is -2.53. The van der Waals surface area contributed by atoms with E-state index >= 15 is 0 Å². The van der Waals surface area contributed by atoms with Crippen LogP contribution in [0.2, 0.25) is 0 Å². The molecular weight excluding hydrogens is 537 g/mol. The summed E-state index contributed by atoms with van der Waals surface area (Å²) in [6.45, 7) is 3.20. The van der Waals surface area contributed by atoms with E-state index in [0.29, 0.717) is 37.3 Å². The average Bonchev–Trinajstić information content (AvgIpc) is 3.47. The molecule has 8 nitrogen and oxygen atoms in total. The summed E-state index contributed by atoms with van der Waals surface area (Å²) in [4.78, 5) is 8.99. The highest BCUT2D eigenvalue weighted by molar-refractivity contribution is 7.92. The molecule has 206 valence electrons. The summed E-state index contributed by atoms with van der Waals surface area (Å²) in [5.41, 5.74) is 9.58. The van der Waals surface area contributed by atoms with Crippen LogP contribution in [-0.2, 0) is 0 Å². The molecule has 3 N–H and O–H groups in total. The highest BCUT2D eigenvalue weighted by atomic mass is 32.2. The molecule has 1 saturated heterocycles. The van der Waals surface area contributed by atoms with Gasteiger partial charge in [0.15, 0.2) is 12.2 Å². The van der Waals surface area contributed by atoms with E-state index in [1.54, 1.807) is 12.1 Å². The summed E-state index contributed by atoms with van der Waals surface area (Å²) < 4.78 is 26.9. The third-order valence-corrected chi connectivity index (χ3v) is 7.72. The number of piperidine rings is 1. The maximum atomic E-state index is 13.4. The van der Waals surface area contributed by atoms with Gasteiger partial charge in [-0.15, -0.1) is 0 Å². The summed E-state index contributed by atoms with van der Waals surface area (Å²) in [5.74, 6) is 0.695. The number of hydrogen-bond acceptors (Lipinski definition) is 9. The minimum absolute atomic E-state index is 0. The van der Waals surface area contributed by atoms with Gasteiger partial charge in [0.1, 0.15) is 23.9 Å². The highest BCUT2D eigenvalue weighted by Gasteiger charge is 2.51. The zero-order valence-corrected chi connectivity index (χ0v) is 23.6. The molecule has 1 fully saturated rings. The van der Waals surface area contributed by atoms with Crippen molar-refractivity contribution < 1.29 is 18.1 Å². The van der Waals surface area contributed by atoms with Crippen LogP contribution in [0.5, 0.6) is 5.75 Å². The molecule has 0 spiro atoms. The fraction of sp³-hybridized carbons (Fsp3) is 0.286. The Hall–Kier alpha value is -3.09. The second-order valence-electron chi connectivity index (χ2n) is 9.52. The van der Waals surface area contributed by atoms with Gasteiger partial charge in [-0.3, -0.25) is 0 Å². The van der Waals surface area contributed by atoms with Crippen molar-refractivity contribution in [2.45, 2.75) is 25.9 Å². The lowest BCUT2D eigenvalue weighted by atomic mass is 9.64. The standard InChI is InChI=1S/C28H30FN5O3S.H2S/c1-19-4-3-5-24(14-19)37-38-33(2)34-12-10-21-15-25(32-23-8-6-22(29)7-9-23)20(17-30)16-28(21,18-34)26(35)27-31-11-13-36-27;/h3-9,11,13-15,17,26,35H,10,12,16,18,30H2,1-2H3;1H2. The van der Waals surface area contributed by atoms with Crippen molar-refractivity contribution in [3.05, 3.63) is 102 Å². The van der Waals surface area contributed by atoms with E-state index in [1.807, 2.05) is 48.7 Å². The predicted molar refractivity (Wildman–Crippen MR) is 156 cm³/mol. The average molecular weight is 570 g/mol. The Kier molecular flexibility index (Phi) is 9.19. The van der Waals surface area contributed by atoms with Crippen molar-refractivity contribution in [2.24, 2.45) is 16.1 Å². The molecule has 11 heteroatoms. The Morgan fingerprint density at radius 1 is 1.31 bits per heavy atom. The molecule has 1 aliphatic carbocycles. The zero-order chi connectivity index (χ0) is 26.7. The highest BCUT2D eigenvalue weighted by Crippen LogP contribution is 2.52. The third-order valence-electron chi connectivity index (χ3n) is 7.00. The molecular formula is C28H32FN5O3S2. The number of allylic oxidation sites excluding steroid dienone is 2. The summed E-state index contributed by atoms with van der Waals surface area (Å²) in [7, 11) is 1.93. The number of halogens is 1. The molecule has 39 heavy (non-hydrogen) atoms. The predicted octanol–water partition coefficient (Wildman–Crippen LogP) is 5.39. The monoisotopic (exact) mass is 569 g/mol. The number of hydrogen-bond donors (Lipinski definition) is 2. The molecule has 2 aliphatic rings. The van der Waals surface area contributed by atoms with Gasteiger partial charge >= 0.3 is 0 Å². The fourth-order valence-corrected chi connectivity index (χ4v) is 5.53. The minimum atomic E-state index is -1.01. The van der Waals surface area contributed by atoms with Crippen molar-refractivity contribution in [2.75, 3.05) is 20.1 Å². The second-order valence-corrected chi connectivity index (χ2v) is 10.4. The lowest BCUT2D eigenvalue weighted by molar-refractivity contribution is -0.0517. The van der Waals surface area contributed by atoms with Crippen molar-refractivity contribution in [1.29, 1.82) is 0 Å². The molecule has 0 saturated carbocycles. The molecule has 5 rings (SSSR count). The number of aliphatic hydroxyl groups is 1. The molecule has 1 aromatic heterocycles. The normalized spacial score (nSPS) is 22.3. The zero-order valence-electron chi connectivity index (χ0n) is 21.8. The molecule has 2 atom stereocenters. The van der Waals surface area contributed by atoms with Crippen LogP contribution in [0.4, 0.5) is 10.1 Å². The van der Waals surface area contributed by atoms with E-state index in [1.165, 1.54) is 43.0 Å². The van der Waals surface area contributed by atoms with Crippen LogP contribution in [0.3, 0.4) is 0 Å². The van der Waals surface area contributed by atoms with E-state index in [0.717, 1.165) is 22.5 Å². The quantitative estimate of drug-likeness (QED) is 0.288. The molecule has 0 bridgehead atoms. The number of benzene rings is 2. The van der Waals surface area contributed by atoms with E-state index < -0.39 is 11.5 Å². The van der Waals surface area contributed by atoms with Crippen molar-refractivity contribution in [3.8, 4) is 5.75 Å². The van der Waals surface area contributed by atoms with Gasteiger partial charge in [0.2, 0.25) is 5.89 Å². The first-order valence-corrected chi connectivity index (χ1v) is 13.0. The maximum absolute atomic E-state index is 13.4. The van der Waals surface area contributed by atoms with Crippen LogP contribution in [0.1, 0.15) is 30.4 Å². The second kappa shape index (κ2) is 12.4. The Morgan fingerprint density at radius 3 is 2.79 bits per heavy atom. The summed E-state index contributed by atoms with van der Waals surface area (Å²) in [5, 5.41) is 13.8. The number of oxazole rings is 1. The topological polar surface area (TPSA) is 100 Å². The molecule has 2 unspecified atom stereocenters. The molecule has 3 aromatic rings. The third kappa shape index (κ3) is 6.23. The summed E-state index contributed by atoms with van der Waals surface area (Å²) in [6, 6.07) is 13.9. The van der Waals surface area contributed by atoms with Gasteiger partial charge in [0, 0.05) is 25.6 Å².